The molecule has 1 unspecified atom stereocenters. The fraction of sp³-hybridized carbons (Fsp3) is 0.370. The number of halogens is 2. The molecule has 0 radical (unpaired) electrons. The van der Waals surface area contributed by atoms with Crippen LogP contribution >= 0.6 is 11.6 Å². The molecule has 2 fully saturated rings. The van der Waals surface area contributed by atoms with Crippen molar-refractivity contribution in [3.8, 4) is 17.6 Å². The minimum atomic E-state index is -0.666. The van der Waals surface area contributed by atoms with E-state index in [0.717, 1.165) is 0 Å². The number of hydrogen-bond donors (Lipinski definition) is 1. The summed E-state index contributed by atoms with van der Waals surface area (Å²) in [4.78, 5) is 31.9. The minimum Gasteiger partial charge on any atom is -0.456 e. The van der Waals surface area contributed by atoms with E-state index >= 15 is 0 Å². The Labute approximate surface area is 239 Å². The van der Waals surface area contributed by atoms with Crippen LogP contribution in [0, 0.1) is 5.82 Å². The smallest absolute Gasteiger partial charge is 0.319 e. The van der Waals surface area contributed by atoms with Crippen molar-refractivity contribution in [2.24, 2.45) is 0 Å². The summed E-state index contributed by atoms with van der Waals surface area (Å²) in [5.74, 6) is -0.0256. The van der Waals surface area contributed by atoms with Gasteiger partial charge in [-0.3, -0.25) is 9.89 Å². The molecule has 0 saturated carbocycles. The number of nitrogens with zero attached hydrogens (tertiary/aromatic N) is 7. The first-order chi connectivity index (χ1) is 19.8. The van der Waals surface area contributed by atoms with Gasteiger partial charge in [-0.2, -0.15) is 15.1 Å². The Morgan fingerprint density at radius 2 is 2.05 bits per heavy atom. The Bertz CT molecular complexity index is 1620. The number of fused-ring (bicyclic) bond motifs is 2. The largest absolute Gasteiger partial charge is 0.456 e. The molecule has 2 aliphatic heterocycles. The second-order valence-corrected chi connectivity index (χ2v) is 10.4. The van der Waals surface area contributed by atoms with E-state index in [-0.39, 0.29) is 40.7 Å². The molecule has 5 heterocycles. The molecular weight excluding hydrogens is 555 g/mol. The van der Waals surface area contributed by atoms with Crippen LogP contribution in [0.4, 0.5) is 10.2 Å². The lowest BCUT2D eigenvalue weighted by Gasteiger charge is -2.35. The number of aromatic nitrogens is 5. The van der Waals surface area contributed by atoms with Crippen LogP contribution in [0.1, 0.15) is 0 Å². The van der Waals surface area contributed by atoms with Crippen LogP contribution < -0.4 is 14.4 Å². The van der Waals surface area contributed by atoms with Crippen LogP contribution in [0.25, 0.3) is 21.8 Å². The third-order valence-corrected chi connectivity index (χ3v) is 7.67. The second kappa shape index (κ2) is 11.1. The zero-order valence-corrected chi connectivity index (χ0v) is 23.3. The van der Waals surface area contributed by atoms with E-state index in [1.165, 1.54) is 18.3 Å². The van der Waals surface area contributed by atoms with Gasteiger partial charge in [0.05, 0.1) is 41.7 Å². The van der Waals surface area contributed by atoms with Crippen molar-refractivity contribution in [3.05, 3.63) is 48.0 Å². The number of carbonyl (C=O) groups excluding carboxylic acids is 1. The number of amides is 1. The highest BCUT2D eigenvalue weighted by atomic mass is 35.5. The van der Waals surface area contributed by atoms with E-state index in [2.05, 4.69) is 26.7 Å². The zero-order chi connectivity index (χ0) is 28.7. The number of piperazine rings is 1. The highest BCUT2D eigenvalue weighted by molar-refractivity contribution is 6.33. The van der Waals surface area contributed by atoms with Gasteiger partial charge in [0.1, 0.15) is 28.3 Å². The lowest BCUT2D eigenvalue weighted by atomic mass is 10.2. The summed E-state index contributed by atoms with van der Waals surface area (Å²) in [6.45, 7) is 6.55. The number of hydrogen-bond acceptors (Lipinski definition) is 10. The number of likely N-dealkylation sites (N-methyl/N-ethyl adjacent to an activating group) is 1. The first-order valence-electron chi connectivity index (χ1n) is 13.1. The summed E-state index contributed by atoms with van der Waals surface area (Å²) in [6, 6.07) is 3.17. The fourth-order valence-corrected chi connectivity index (χ4v) is 5.28. The Kier molecular flexibility index (Phi) is 7.32. The third kappa shape index (κ3) is 5.11. The van der Waals surface area contributed by atoms with Crippen LogP contribution in [-0.4, -0.2) is 106 Å². The van der Waals surface area contributed by atoms with Crippen LogP contribution in [0.2, 0.25) is 5.02 Å². The molecule has 0 bridgehead atoms. The number of pyridine rings is 1. The monoisotopic (exact) mass is 582 g/mol. The van der Waals surface area contributed by atoms with Gasteiger partial charge in [0.25, 0.3) is 0 Å². The molecule has 2 aliphatic rings. The molecule has 6 rings (SSSR count). The van der Waals surface area contributed by atoms with Crippen molar-refractivity contribution >= 4 is 45.1 Å². The highest BCUT2D eigenvalue weighted by Crippen LogP contribution is 2.40. The predicted molar refractivity (Wildman–Crippen MR) is 150 cm³/mol. The van der Waals surface area contributed by atoms with Crippen LogP contribution in [0.3, 0.4) is 0 Å². The number of ether oxygens (including phenoxy) is 3. The van der Waals surface area contributed by atoms with Crippen molar-refractivity contribution in [2.45, 2.75) is 12.1 Å². The second-order valence-electron chi connectivity index (χ2n) is 10.0. The summed E-state index contributed by atoms with van der Waals surface area (Å²) in [7, 11) is 3.92. The molecule has 1 amide bonds. The normalized spacial score (nSPS) is 19.3. The molecule has 0 aliphatic carbocycles. The maximum absolute atomic E-state index is 14.6. The topological polar surface area (TPSA) is 122 Å². The number of rotatable bonds is 7. The fourth-order valence-electron chi connectivity index (χ4n) is 5.08. The predicted octanol–water partition coefficient (Wildman–Crippen LogP) is 3.03. The Morgan fingerprint density at radius 3 is 2.80 bits per heavy atom. The summed E-state index contributed by atoms with van der Waals surface area (Å²) < 4.78 is 32.8. The number of nitrogens with one attached hydrogen (secondary N) is 1. The summed E-state index contributed by atoms with van der Waals surface area (Å²) in [5, 5.41) is 7.65. The molecule has 2 atom stereocenters. The molecule has 1 aromatic carbocycles. The van der Waals surface area contributed by atoms with Gasteiger partial charge >= 0.3 is 6.01 Å². The number of carbonyl (C=O) groups is 1. The molecular formula is C27H28ClFN8O4. The quantitative estimate of drug-likeness (QED) is 0.325. The van der Waals surface area contributed by atoms with Gasteiger partial charge in [-0.1, -0.05) is 18.2 Å². The Hall–Kier alpha value is -4.07. The van der Waals surface area contributed by atoms with E-state index in [1.54, 1.807) is 17.2 Å². The third-order valence-electron chi connectivity index (χ3n) is 7.32. The lowest BCUT2D eigenvalue weighted by molar-refractivity contribution is -0.126. The number of H-pyrrole nitrogens is 1. The van der Waals surface area contributed by atoms with Crippen molar-refractivity contribution < 1.29 is 23.4 Å². The summed E-state index contributed by atoms with van der Waals surface area (Å²) >= 11 is 6.33. The Balaban J connectivity index is 1.43. The van der Waals surface area contributed by atoms with Crippen molar-refractivity contribution in [1.82, 2.24) is 34.9 Å². The molecule has 12 nitrogen and oxygen atoms in total. The molecule has 2 saturated heterocycles. The zero-order valence-electron chi connectivity index (χ0n) is 22.5. The molecule has 3 aromatic heterocycles. The molecule has 0 spiro atoms. The molecule has 4 aromatic rings. The summed E-state index contributed by atoms with van der Waals surface area (Å²) in [5.41, 5.74) is 0.777. The molecule has 1 N–H and O–H groups in total. The van der Waals surface area contributed by atoms with E-state index in [1.807, 2.05) is 19.0 Å². The van der Waals surface area contributed by atoms with Gasteiger partial charge in [-0.05, 0) is 26.2 Å². The van der Waals surface area contributed by atoms with Crippen LogP contribution in [0.15, 0.2) is 37.2 Å². The average Bonchev–Trinajstić information content (AvgIpc) is 3.64. The number of anilines is 1. The number of benzene rings is 1. The van der Waals surface area contributed by atoms with Crippen molar-refractivity contribution in [1.29, 1.82) is 0 Å². The van der Waals surface area contributed by atoms with Gasteiger partial charge < -0.3 is 28.9 Å². The van der Waals surface area contributed by atoms with Crippen molar-refractivity contribution in [3.63, 3.8) is 0 Å². The van der Waals surface area contributed by atoms with Crippen molar-refractivity contribution in [2.75, 3.05) is 58.4 Å². The highest BCUT2D eigenvalue weighted by Gasteiger charge is 2.33. The van der Waals surface area contributed by atoms with E-state index < -0.39 is 5.82 Å². The minimum absolute atomic E-state index is 0.0105. The average molecular weight is 583 g/mol. The maximum Gasteiger partial charge on any atom is 0.319 e. The van der Waals surface area contributed by atoms with Gasteiger partial charge in [0.2, 0.25) is 11.8 Å². The van der Waals surface area contributed by atoms with Gasteiger partial charge in [-0.15, -0.1) is 0 Å². The van der Waals surface area contributed by atoms with Gasteiger partial charge in [0, 0.05) is 38.4 Å². The van der Waals surface area contributed by atoms with Crippen LogP contribution in [0.5, 0.6) is 17.6 Å². The van der Waals surface area contributed by atoms with E-state index in [4.69, 9.17) is 35.8 Å². The SMILES string of the molecule is C=CC(=O)N1CCN(c2nc(OC3COC[C@H]3N(C)C)nc3c(Oc4c(Cl)c(F)cc5[nH]ncc45)nccc23)CC1. The first kappa shape index (κ1) is 27.1. The number of aromatic amines is 1. The first-order valence-corrected chi connectivity index (χ1v) is 13.4. The molecule has 41 heavy (non-hydrogen) atoms. The standard InChI is InChI=1S/C27H28ClFN8O4/c1-4-21(38)36-7-9-37(10-8-36)25-15-5-6-30-26(41-24-16-12-31-34-18(16)11-17(29)22(24)28)23(15)32-27(33-25)40-20-14-39-13-19(20)35(2)3/h4-6,11-12,19-20H,1,7-10,13-14H2,2-3H3,(H,31,34)/t19-,20?/m1/s1. The van der Waals surface area contributed by atoms with Gasteiger partial charge in [-0.25, -0.2) is 9.37 Å². The van der Waals surface area contributed by atoms with Crippen LogP contribution in [-0.2, 0) is 9.53 Å². The molecule has 14 heteroatoms. The maximum atomic E-state index is 14.6. The van der Waals surface area contributed by atoms with E-state index in [0.29, 0.717) is 67.0 Å². The van der Waals surface area contributed by atoms with E-state index in [9.17, 15) is 9.18 Å². The molecule has 214 valence electrons. The summed E-state index contributed by atoms with van der Waals surface area (Å²) in [6.07, 6.45) is 4.08. The Morgan fingerprint density at radius 1 is 1.24 bits per heavy atom. The lowest BCUT2D eigenvalue weighted by Crippen LogP contribution is -2.48. The van der Waals surface area contributed by atoms with Gasteiger partial charge in [0.15, 0.2) is 5.75 Å².